The minimum absolute atomic E-state index is 0.0651. The summed E-state index contributed by atoms with van der Waals surface area (Å²) in [5, 5.41) is 0. The van der Waals surface area contributed by atoms with Crippen molar-refractivity contribution in [3.63, 3.8) is 0 Å². The van der Waals surface area contributed by atoms with Crippen LogP contribution in [0.1, 0.15) is 6.92 Å². The molecule has 0 bridgehead atoms. The van der Waals surface area contributed by atoms with E-state index >= 15 is 0 Å². The van der Waals surface area contributed by atoms with Crippen molar-refractivity contribution in [2.45, 2.75) is 13.0 Å². The summed E-state index contributed by atoms with van der Waals surface area (Å²) in [5.74, 6) is -0.134. The molecule has 1 rings (SSSR count). The molecule has 0 aromatic carbocycles. The topological polar surface area (TPSA) is 71.5 Å². The molecule has 1 atom stereocenters. The van der Waals surface area contributed by atoms with Crippen molar-refractivity contribution >= 4 is 19.9 Å². The molecular formula is C6H13NO4S2. The van der Waals surface area contributed by atoms with Gasteiger partial charge >= 0.3 is 0 Å². The van der Waals surface area contributed by atoms with Crippen molar-refractivity contribution in [1.82, 2.24) is 4.31 Å². The molecule has 0 unspecified atom stereocenters. The summed E-state index contributed by atoms with van der Waals surface area (Å²) >= 11 is 0. The number of nitrogens with zero attached hydrogens (tertiary/aromatic N) is 1. The van der Waals surface area contributed by atoms with Crippen LogP contribution in [-0.4, -0.2) is 51.5 Å². The first-order valence-electron chi connectivity index (χ1n) is 3.89. The van der Waals surface area contributed by atoms with Gasteiger partial charge in [0, 0.05) is 12.6 Å². The first-order valence-corrected chi connectivity index (χ1v) is 7.56. The molecule has 0 radical (unpaired) electrons. The van der Waals surface area contributed by atoms with Gasteiger partial charge in [-0.3, -0.25) is 0 Å². The zero-order valence-corrected chi connectivity index (χ0v) is 9.23. The maximum Gasteiger partial charge on any atom is 0.211 e. The number of sulfonamides is 1. The summed E-state index contributed by atoms with van der Waals surface area (Å²) < 4.78 is 45.7. The molecule has 0 amide bonds. The summed E-state index contributed by atoms with van der Waals surface area (Å²) in [6.07, 6.45) is 1.10. The molecule has 13 heavy (non-hydrogen) atoms. The Morgan fingerprint density at radius 2 is 1.92 bits per heavy atom. The Kier molecular flexibility index (Phi) is 2.70. The Hall–Kier alpha value is -0.140. The van der Waals surface area contributed by atoms with E-state index in [9.17, 15) is 16.8 Å². The third-order valence-electron chi connectivity index (χ3n) is 2.04. The molecule has 5 nitrogen and oxygen atoms in total. The highest BCUT2D eigenvalue weighted by atomic mass is 32.2. The molecule has 0 aliphatic carbocycles. The van der Waals surface area contributed by atoms with Gasteiger partial charge < -0.3 is 0 Å². The van der Waals surface area contributed by atoms with Crippen molar-refractivity contribution in [3.8, 4) is 0 Å². The summed E-state index contributed by atoms with van der Waals surface area (Å²) in [6.45, 7) is 1.69. The molecule has 1 aliphatic rings. The van der Waals surface area contributed by atoms with Crippen LogP contribution in [0.4, 0.5) is 0 Å². The van der Waals surface area contributed by atoms with E-state index < -0.39 is 25.9 Å². The molecule has 1 saturated heterocycles. The monoisotopic (exact) mass is 227 g/mol. The van der Waals surface area contributed by atoms with E-state index in [4.69, 9.17) is 0 Å². The lowest BCUT2D eigenvalue weighted by atomic mass is 10.4. The molecule has 0 aromatic rings. The van der Waals surface area contributed by atoms with Gasteiger partial charge in [-0.2, -0.15) is 4.31 Å². The van der Waals surface area contributed by atoms with Crippen molar-refractivity contribution in [1.29, 1.82) is 0 Å². The van der Waals surface area contributed by atoms with Crippen LogP contribution in [0.3, 0.4) is 0 Å². The fourth-order valence-electron chi connectivity index (χ4n) is 1.48. The summed E-state index contributed by atoms with van der Waals surface area (Å²) in [6, 6.07) is -0.436. The molecule has 0 N–H and O–H groups in total. The summed E-state index contributed by atoms with van der Waals surface area (Å²) in [5.41, 5.74) is 0. The molecule has 1 aliphatic heterocycles. The lowest BCUT2D eigenvalue weighted by molar-refractivity contribution is 0.359. The highest BCUT2D eigenvalue weighted by Crippen LogP contribution is 2.14. The van der Waals surface area contributed by atoms with Gasteiger partial charge in [-0.25, -0.2) is 16.8 Å². The van der Waals surface area contributed by atoms with E-state index in [1.54, 1.807) is 6.92 Å². The second-order valence-corrected chi connectivity index (χ2v) is 7.50. The van der Waals surface area contributed by atoms with Crippen LogP contribution in [0.25, 0.3) is 0 Å². The quantitative estimate of drug-likeness (QED) is 0.580. The summed E-state index contributed by atoms with van der Waals surface area (Å²) in [7, 11) is -6.29. The van der Waals surface area contributed by atoms with Gasteiger partial charge in [-0.1, -0.05) is 0 Å². The number of hydrogen-bond acceptors (Lipinski definition) is 4. The first kappa shape index (κ1) is 10.9. The van der Waals surface area contributed by atoms with Crippen LogP contribution in [0.5, 0.6) is 0 Å². The highest BCUT2D eigenvalue weighted by molar-refractivity contribution is 7.92. The second-order valence-electron chi connectivity index (χ2n) is 3.34. The van der Waals surface area contributed by atoms with Gasteiger partial charge in [0.05, 0.1) is 17.8 Å². The lowest BCUT2D eigenvalue weighted by Gasteiger charge is -2.30. The SMILES string of the molecule is C[C@H]1CS(=O)(=O)CCN1S(C)(=O)=O. The van der Waals surface area contributed by atoms with Crippen LogP contribution >= 0.6 is 0 Å². The molecule has 0 saturated carbocycles. The van der Waals surface area contributed by atoms with Crippen LogP contribution in [0, 0.1) is 0 Å². The predicted octanol–water partition coefficient (Wildman–Crippen LogP) is -0.935. The van der Waals surface area contributed by atoms with Gasteiger partial charge in [0.2, 0.25) is 10.0 Å². The molecular weight excluding hydrogens is 214 g/mol. The van der Waals surface area contributed by atoms with E-state index in [1.165, 1.54) is 4.31 Å². The predicted molar refractivity (Wildman–Crippen MR) is 49.7 cm³/mol. The Balaban J connectivity index is 2.88. The molecule has 0 aromatic heterocycles. The normalized spacial score (nSPS) is 30.2. The van der Waals surface area contributed by atoms with E-state index in [-0.39, 0.29) is 18.1 Å². The first-order chi connectivity index (χ1) is 5.72. The van der Waals surface area contributed by atoms with Gasteiger partial charge in [-0.15, -0.1) is 0 Å². The number of sulfone groups is 1. The minimum atomic E-state index is -3.26. The fraction of sp³-hybridized carbons (Fsp3) is 1.00. The maximum absolute atomic E-state index is 11.1. The number of rotatable bonds is 1. The van der Waals surface area contributed by atoms with E-state index in [0.717, 1.165) is 6.26 Å². The molecule has 7 heteroatoms. The standard InChI is InChI=1S/C6H13NO4S2/c1-6-5-13(10,11)4-3-7(6)12(2,8)9/h6H,3-5H2,1-2H3/t6-/m0/s1. The van der Waals surface area contributed by atoms with E-state index in [0.29, 0.717) is 0 Å². The van der Waals surface area contributed by atoms with Gasteiger partial charge in [0.25, 0.3) is 0 Å². The zero-order valence-electron chi connectivity index (χ0n) is 7.60. The molecule has 1 fully saturated rings. The summed E-state index contributed by atoms with van der Waals surface area (Å²) in [4.78, 5) is 0. The van der Waals surface area contributed by atoms with Gasteiger partial charge in [-0.05, 0) is 6.92 Å². The van der Waals surface area contributed by atoms with Crippen LogP contribution in [0.2, 0.25) is 0 Å². The zero-order chi connectivity index (χ0) is 10.3. The average molecular weight is 227 g/mol. The molecule has 1 heterocycles. The molecule has 78 valence electrons. The smallest absolute Gasteiger partial charge is 0.211 e. The van der Waals surface area contributed by atoms with Crippen molar-refractivity contribution in [2.75, 3.05) is 24.3 Å². The third kappa shape index (κ3) is 2.65. The van der Waals surface area contributed by atoms with Crippen LogP contribution in [0.15, 0.2) is 0 Å². The second kappa shape index (κ2) is 3.21. The fourth-order valence-corrected chi connectivity index (χ4v) is 4.39. The number of hydrogen-bond donors (Lipinski definition) is 0. The van der Waals surface area contributed by atoms with Gasteiger partial charge in [0.1, 0.15) is 0 Å². The average Bonchev–Trinajstić information content (AvgIpc) is 1.80. The van der Waals surface area contributed by atoms with E-state index in [2.05, 4.69) is 0 Å². The Morgan fingerprint density at radius 1 is 1.38 bits per heavy atom. The van der Waals surface area contributed by atoms with E-state index in [1.807, 2.05) is 0 Å². The van der Waals surface area contributed by atoms with Crippen molar-refractivity contribution in [3.05, 3.63) is 0 Å². The largest absolute Gasteiger partial charge is 0.229 e. The maximum atomic E-state index is 11.1. The minimum Gasteiger partial charge on any atom is -0.229 e. The Bertz CT molecular complexity index is 383. The van der Waals surface area contributed by atoms with Crippen LogP contribution < -0.4 is 0 Å². The lowest BCUT2D eigenvalue weighted by Crippen LogP contribution is -2.49. The van der Waals surface area contributed by atoms with Crippen molar-refractivity contribution < 1.29 is 16.8 Å². The van der Waals surface area contributed by atoms with Crippen LogP contribution in [-0.2, 0) is 19.9 Å². The Morgan fingerprint density at radius 3 is 2.31 bits per heavy atom. The Labute approximate surface area is 78.7 Å². The molecule has 0 spiro atoms. The van der Waals surface area contributed by atoms with Crippen molar-refractivity contribution in [2.24, 2.45) is 0 Å². The highest BCUT2D eigenvalue weighted by Gasteiger charge is 2.33. The third-order valence-corrected chi connectivity index (χ3v) is 5.22. The van der Waals surface area contributed by atoms with Gasteiger partial charge in [0.15, 0.2) is 9.84 Å².